The van der Waals surface area contributed by atoms with Crippen LogP contribution in [0.1, 0.15) is 30.6 Å². The summed E-state index contributed by atoms with van der Waals surface area (Å²) in [7, 11) is 0. The van der Waals surface area contributed by atoms with Gasteiger partial charge in [0.15, 0.2) is 0 Å². The molecule has 1 fully saturated rings. The van der Waals surface area contributed by atoms with E-state index in [1.165, 1.54) is 24.3 Å². The molecule has 126 valence electrons. The number of hydrogen-bond donors (Lipinski definition) is 0. The van der Waals surface area contributed by atoms with E-state index in [1.807, 2.05) is 0 Å². The number of amides is 1. The zero-order chi connectivity index (χ0) is 17.4. The van der Waals surface area contributed by atoms with Gasteiger partial charge >= 0.3 is 5.63 Å². The molecule has 0 saturated carbocycles. The van der Waals surface area contributed by atoms with Gasteiger partial charge in [0.25, 0.3) is 11.6 Å². The lowest BCUT2D eigenvalue weighted by Crippen LogP contribution is -2.43. The highest BCUT2D eigenvalue weighted by atomic mass is 16.6. The maximum atomic E-state index is 12.7. The van der Waals surface area contributed by atoms with Crippen molar-refractivity contribution in [1.29, 1.82) is 0 Å². The molecule has 0 aliphatic carbocycles. The minimum Gasteiger partial charge on any atom is -0.422 e. The quantitative estimate of drug-likeness (QED) is 0.479. The van der Waals surface area contributed by atoms with Crippen LogP contribution >= 0.6 is 0 Å². The average molecular weight is 330 g/mol. The Hall–Kier alpha value is -2.70. The summed E-state index contributed by atoms with van der Waals surface area (Å²) in [6, 6.07) is 5.33. The van der Waals surface area contributed by atoms with Crippen LogP contribution in [0.3, 0.4) is 0 Å². The van der Waals surface area contributed by atoms with Gasteiger partial charge < -0.3 is 9.32 Å². The van der Waals surface area contributed by atoms with Crippen molar-refractivity contribution in [3.05, 3.63) is 50.4 Å². The topological polar surface area (TPSA) is 93.7 Å². The van der Waals surface area contributed by atoms with E-state index in [-0.39, 0.29) is 22.7 Å². The normalized spacial score (nSPS) is 21.0. The fraction of sp³-hybridized carbons (Fsp3) is 0.412. The first-order valence-corrected chi connectivity index (χ1v) is 7.86. The fourth-order valence-electron chi connectivity index (χ4n) is 3.37. The standard InChI is InChI=1S/C17H18N2O5/c1-10-5-11(2)9-18(8-10)16(20)14-7-12-6-13(19(22)23)3-4-15(12)24-17(14)21/h3-4,6-7,10-11H,5,8-9H2,1-2H3. The van der Waals surface area contributed by atoms with Gasteiger partial charge in [0.2, 0.25) is 0 Å². The minimum absolute atomic E-state index is 0.0794. The predicted octanol–water partition coefficient (Wildman–Crippen LogP) is 2.82. The third kappa shape index (κ3) is 3.02. The summed E-state index contributed by atoms with van der Waals surface area (Å²) in [4.78, 5) is 36.9. The minimum atomic E-state index is -0.716. The molecule has 0 N–H and O–H groups in total. The molecule has 7 nitrogen and oxygen atoms in total. The zero-order valence-electron chi connectivity index (χ0n) is 13.5. The summed E-state index contributed by atoms with van der Waals surface area (Å²) in [5, 5.41) is 11.3. The number of nitrogens with zero attached hydrogens (tertiary/aromatic N) is 2. The highest BCUT2D eigenvalue weighted by molar-refractivity contribution is 5.97. The van der Waals surface area contributed by atoms with Gasteiger partial charge in [0, 0.05) is 30.6 Å². The molecule has 3 rings (SSSR count). The number of carbonyl (C=O) groups excluding carboxylic acids is 1. The first kappa shape index (κ1) is 16.2. The van der Waals surface area contributed by atoms with E-state index in [2.05, 4.69) is 13.8 Å². The number of nitro groups is 1. The lowest BCUT2D eigenvalue weighted by Gasteiger charge is -2.34. The Balaban J connectivity index is 2.01. The van der Waals surface area contributed by atoms with Gasteiger partial charge in [0.05, 0.1) is 4.92 Å². The van der Waals surface area contributed by atoms with Crippen LogP contribution in [-0.4, -0.2) is 28.8 Å². The molecule has 1 aromatic heterocycles. The van der Waals surface area contributed by atoms with Crippen LogP contribution in [0.15, 0.2) is 33.5 Å². The second-order valence-corrected chi connectivity index (χ2v) is 6.58. The molecule has 1 aromatic carbocycles. The molecule has 1 aliphatic rings. The number of fused-ring (bicyclic) bond motifs is 1. The largest absolute Gasteiger partial charge is 0.422 e. The van der Waals surface area contributed by atoms with Crippen LogP contribution in [0.25, 0.3) is 11.0 Å². The molecule has 2 unspecified atom stereocenters. The first-order valence-electron chi connectivity index (χ1n) is 7.86. The van der Waals surface area contributed by atoms with E-state index in [9.17, 15) is 19.7 Å². The maximum Gasteiger partial charge on any atom is 0.349 e. The van der Waals surface area contributed by atoms with Crippen LogP contribution in [0.4, 0.5) is 5.69 Å². The summed E-state index contributed by atoms with van der Waals surface area (Å²) in [6.45, 7) is 5.33. The van der Waals surface area contributed by atoms with Crippen molar-refractivity contribution in [1.82, 2.24) is 4.90 Å². The third-order valence-electron chi connectivity index (χ3n) is 4.31. The van der Waals surface area contributed by atoms with Crippen molar-refractivity contribution in [2.45, 2.75) is 20.3 Å². The fourth-order valence-corrected chi connectivity index (χ4v) is 3.37. The van der Waals surface area contributed by atoms with Crippen molar-refractivity contribution in [2.24, 2.45) is 11.8 Å². The molecule has 1 amide bonds. The molecule has 0 radical (unpaired) electrons. The summed E-state index contributed by atoms with van der Waals surface area (Å²) < 4.78 is 5.17. The molecule has 2 atom stereocenters. The second-order valence-electron chi connectivity index (χ2n) is 6.58. The predicted molar refractivity (Wildman–Crippen MR) is 88.0 cm³/mol. The number of likely N-dealkylation sites (tertiary alicyclic amines) is 1. The smallest absolute Gasteiger partial charge is 0.349 e. The van der Waals surface area contributed by atoms with Crippen LogP contribution in [0.2, 0.25) is 0 Å². The van der Waals surface area contributed by atoms with Gasteiger partial charge in [-0.15, -0.1) is 0 Å². The Morgan fingerprint density at radius 3 is 2.54 bits per heavy atom. The van der Waals surface area contributed by atoms with Crippen molar-refractivity contribution in [3.8, 4) is 0 Å². The highest BCUT2D eigenvalue weighted by Crippen LogP contribution is 2.24. The van der Waals surface area contributed by atoms with E-state index < -0.39 is 10.5 Å². The molecule has 1 aliphatic heterocycles. The van der Waals surface area contributed by atoms with Gasteiger partial charge in [-0.2, -0.15) is 0 Å². The molecule has 1 saturated heterocycles. The molecular weight excluding hydrogens is 312 g/mol. The van der Waals surface area contributed by atoms with Crippen LogP contribution in [0.5, 0.6) is 0 Å². The number of rotatable bonds is 2. The van der Waals surface area contributed by atoms with E-state index >= 15 is 0 Å². The molecule has 7 heteroatoms. The van der Waals surface area contributed by atoms with Gasteiger partial charge in [-0.3, -0.25) is 14.9 Å². The molecule has 2 heterocycles. The van der Waals surface area contributed by atoms with Crippen molar-refractivity contribution in [2.75, 3.05) is 13.1 Å². The van der Waals surface area contributed by atoms with Gasteiger partial charge in [-0.25, -0.2) is 4.79 Å². The monoisotopic (exact) mass is 330 g/mol. The zero-order valence-corrected chi connectivity index (χ0v) is 13.5. The number of nitro benzene ring substituents is 1. The van der Waals surface area contributed by atoms with Gasteiger partial charge in [-0.1, -0.05) is 13.8 Å². The van der Waals surface area contributed by atoms with E-state index in [1.54, 1.807) is 4.90 Å². The Morgan fingerprint density at radius 2 is 1.92 bits per heavy atom. The summed E-state index contributed by atoms with van der Waals surface area (Å²) in [5.41, 5.74) is -0.686. The van der Waals surface area contributed by atoms with Crippen LogP contribution in [-0.2, 0) is 0 Å². The molecular formula is C17H18N2O5. The van der Waals surface area contributed by atoms with E-state index in [0.717, 1.165) is 6.42 Å². The van der Waals surface area contributed by atoms with Gasteiger partial charge in [-0.05, 0) is 30.4 Å². The molecule has 0 bridgehead atoms. The Bertz CT molecular complexity index is 863. The lowest BCUT2D eigenvalue weighted by atomic mass is 9.91. The van der Waals surface area contributed by atoms with Crippen molar-refractivity contribution >= 4 is 22.6 Å². The van der Waals surface area contributed by atoms with Crippen molar-refractivity contribution < 1.29 is 14.1 Å². The summed E-state index contributed by atoms with van der Waals surface area (Å²) in [5.74, 6) is 0.355. The number of non-ortho nitro benzene ring substituents is 1. The SMILES string of the molecule is CC1CC(C)CN(C(=O)c2cc3cc([N+](=O)[O-])ccc3oc2=O)C1. The Morgan fingerprint density at radius 1 is 1.25 bits per heavy atom. The number of benzene rings is 1. The lowest BCUT2D eigenvalue weighted by molar-refractivity contribution is -0.384. The number of hydrogen-bond acceptors (Lipinski definition) is 5. The summed E-state index contributed by atoms with van der Waals surface area (Å²) >= 11 is 0. The first-order chi connectivity index (χ1) is 11.3. The summed E-state index contributed by atoms with van der Waals surface area (Å²) in [6.07, 6.45) is 1.04. The van der Waals surface area contributed by atoms with Crippen molar-refractivity contribution in [3.63, 3.8) is 0 Å². The number of carbonyl (C=O) groups is 1. The van der Waals surface area contributed by atoms with Crippen LogP contribution in [0, 0.1) is 22.0 Å². The van der Waals surface area contributed by atoms with E-state index in [0.29, 0.717) is 30.3 Å². The van der Waals surface area contributed by atoms with E-state index in [4.69, 9.17) is 4.42 Å². The maximum absolute atomic E-state index is 12.7. The third-order valence-corrected chi connectivity index (χ3v) is 4.31. The Labute approximate surface area is 138 Å². The molecule has 0 spiro atoms. The number of piperidine rings is 1. The average Bonchev–Trinajstić information content (AvgIpc) is 2.52. The Kier molecular flexibility index (Phi) is 4.09. The second kappa shape index (κ2) is 6.07. The highest BCUT2D eigenvalue weighted by Gasteiger charge is 2.28. The van der Waals surface area contributed by atoms with Crippen LogP contribution < -0.4 is 5.63 Å². The molecule has 2 aromatic rings. The van der Waals surface area contributed by atoms with Gasteiger partial charge in [0.1, 0.15) is 11.1 Å². The molecule has 24 heavy (non-hydrogen) atoms.